The molecule has 1 aromatic rings. The van der Waals surface area contributed by atoms with Crippen LogP contribution in [0.4, 0.5) is 5.69 Å². The number of aliphatic imine (C=N–C) groups is 1. The van der Waals surface area contributed by atoms with Crippen molar-refractivity contribution in [3.05, 3.63) is 29.8 Å². The van der Waals surface area contributed by atoms with Crippen LogP contribution in [0.15, 0.2) is 29.3 Å². The lowest BCUT2D eigenvalue weighted by atomic mass is 10.2. The Hall–Kier alpha value is -2.08. The Bertz CT molecular complexity index is 385. The smallest absolute Gasteiger partial charge is 0.248 e. The van der Waals surface area contributed by atoms with E-state index in [-0.39, 0.29) is 0 Å². The van der Waals surface area contributed by atoms with Gasteiger partial charge in [0.15, 0.2) is 0 Å². The first-order chi connectivity index (χ1) is 7.67. The molecule has 6 nitrogen and oxygen atoms in total. The summed E-state index contributed by atoms with van der Waals surface area (Å²) in [4.78, 5) is 14.9. The van der Waals surface area contributed by atoms with Crippen molar-refractivity contribution in [3.63, 3.8) is 0 Å². The summed E-state index contributed by atoms with van der Waals surface area (Å²) < 4.78 is 0. The van der Waals surface area contributed by atoms with Gasteiger partial charge in [-0.05, 0) is 31.2 Å². The maximum Gasteiger partial charge on any atom is 0.248 e. The zero-order valence-corrected chi connectivity index (χ0v) is 9.03. The van der Waals surface area contributed by atoms with E-state index in [4.69, 9.17) is 11.6 Å². The molecule has 0 radical (unpaired) electrons. The van der Waals surface area contributed by atoms with Crippen molar-refractivity contribution in [2.45, 2.75) is 6.92 Å². The predicted molar refractivity (Wildman–Crippen MR) is 63.9 cm³/mol. The minimum Gasteiger partial charge on any atom is -0.366 e. The van der Waals surface area contributed by atoms with Crippen LogP contribution in [0.3, 0.4) is 0 Å². The van der Waals surface area contributed by atoms with Crippen LogP contribution in [0.1, 0.15) is 17.3 Å². The van der Waals surface area contributed by atoms with Crippen molar-refractivity contribution in [1.82, 2.24) is 5.43 Å². The topological polar surface area (TPSA) is 106 Å². The fourth-order valence-electron chi connectivity index (χ4n) is 1.13. The molecule has 0 saturated carbocycles. The number of nitrogens with two attached hydrogens (primary N) is 2. The van der Waals surface area contributed by atoms with E-state index in [1.165, 1.54) is 0 Å². The molecule has 1 amide bonds. The minimum atomic E-state index is -0.453. The van der Waals surface area contributed by atoms with Gasteiger partial charge in [0.25, 0.3) is 0 Å². The number of primary amides is 1. The molecule has 0 aliphatic carbocycles. The summed E-state index contributed by atoms with van der Waals surface area (Å²) in [6.45, 7) is 2.51. The molecule has 6 N–H and O–H groups in total. The number of benzene rings is 1. The lowest BCUT2D eigenvalue weighted by molar-refractivity contribution is 0.100. The van der Waals surface area contributed by atoms with Gasteiger partial charge in [0.1, 0.15) is 0 Å². The highest BCUT2D eigenvalue weighted by Crippen LogP contribution is 2.08. The monoisotopic (exact) mass is 221 g/mol. The highest BCUT2D eigenvalue weighted by molar-refractivity contribution is 5.95. The van der Waals surface area contributed by atoms with Crippen LogP contribution >= 0.6 is 0 Å². The van der Waals surface area contributed by atoms with Crippen LogP contribution in [0, 0.1) is 0 Å². The number of carbonyl (C=O) groups is 1. The van der Waals surface area contributed by atoms with Crippen LogP contribution < -0.4 is 22.3 Å². The maximum atomic E-state index is 10.8. The molecular weight excluding hydrogens is 206 g/mol. The quantitative estimate of drug-likeness (QED) is 0.250. The Morgan fingerprint density at radius 3 is 2.44 bits per heavy atom. The molecule has 0 aliphatic heterocycles. The molecule has 1 rings (SSSR count). The van der Waals surface area contributed by atoms with Gasteiger partial charge in [0.05, 0.1) is 0 Å². The van der Waals surface area contributed by atoms with Crippen LogP contribution in [-0.4, -0.2) is 18.4 Å². The second-order valence-electron chi connectivity index (χ2n) is 3.03. The number of guanidine groups is 1. The lowest BCUT2D eigenvalue weighted by Gasteiger charge is -2.08. The van der Waals surface area contributed by atoms with E-state index >= 15 is 0 Å². The number of amides is 1. The van der Waals surface area contributed by atoms with Crippen molar-refractivity contribution >= 4 is 17.6 Å². The number of nitrogens with zero attached hydrogens (tertiary/aromatic N) is 1. The maximum absolute atomic E-state index is 10.8. The minimum absolute atomic E-state index is 0.453. The zero-order chi connectivity index (χ0) is 12.0. The number of anilines is 1. The Kier molecular flexibility index (Phi) is 4.28. The van der Waals surface area contributed by atoms with Crippen LogP contribution in [0.2, 0.25) is 0 Å². The van der Waals surface area contributed by atoms with Gasteiger partial charge < -0.3 is 11.1 Å². The van der Waals surface area contributed by atoms with E-state index in [0.717, 1.165) is 5.69 Å². The van der Waals surface area contributed by atoms with Gasteiger partial charge in [0, 0.05) is 17.8 Å². The number of rotatable bonds is 3. The largest absolute Gasteiger partial charge is 0.366 e. The highest BCUT2D eigenvalue weighted by atomic mass is 16.1. The van der Waals surface area contributed by atoms with Crippen molar-refractivity contribution < 1.29 is 4.79 Å². The molecule has 1 aromatic carbocycles. The average Bonchev–Trinajstić information content (AvgIpc) is 2.29. The van der Waals surface area contributed by atoms with E-state index in [9.17, 15) is 4.79 Å². The second-order valence-corrected chi connectivity index (χ2v) is 3.03. The number of hydrogen-bond donors (Lipinski definition) is 4. The first kappa shape index (κ1) is 12.0. The zero-order valence-electron chi connectivity index (χ0n) is 9.03. The summed E-state index contributed by atoms with van der Waals surface area (Å²) in [6.07, 6.45) is 0. The molecule has 0 fully saturated rings. The molecule has 0 aliphatic rings. The molecule has 0 aromatic heterocycles. The normalized spacial score (nSPS) is 11.0. The molecule has 0 atom stereocenters. The van der Waals surface area contributed by atoms with Gasteiger partial charge in [-0.1, -0.05) is 0 Å². The van der Waals surface area contributed by atoms with Crippen molar-refractivity contribution in [2.75, 3.05) is 11.9 Å². The van der Waals surface area contributed by atoms with Gasteiger partial charge in [-0.3, -0.25) is 15.2 Å². The molecule has 0 saturated heterocycles. The van der Waals surface area contributed by atoms with Gasteiger partial charge in [-0.15, -0.1) is 0 Å². The first-order valence-electron chi connectivity index (χ1n) is 4.85. The molecular formula is C10H15N5O. The molecule has 0 bridgehead atoms. The van der Waals surface area contributed by atoms with Crippen LogP contribution in [0.25, 0.3) is 0 Å². The third kappa shape index (κ3) is 3.25. The summed E-state index contributed by atoms with van der Waals surface area (Å²) in [6, 6.07) is 6.71. The Balaban J connectivity index is 2.75. The third-order valence-electron chi connectivity index (χ3n) is 1.89. The van der Waals surface area contributed by atoms with E-state index in [1.54, 1.807) is 24.3 Å². The number of carbonyl (C=O) groups excluding carboxylic acids is 1. The Morgan fingerprint density at radius 2 is 2.00 bits per heavy atom. The molecule has 0 spiro atoms. The highest BCUT2D eigenvalue weighted by Gasteiger charge is 2.00. The fraction of sp³-hybridized carbons (Fsp3) is 0.200. The third-order valence-corrected chi connectivity index (χ3v) is 1.89. The molecule has 0 unspecified atom stereocenters. The standard InChI is InChI=1S/C10H15N5O/c1-2-13-10(15-12)14-8-5-3-7(4-6-8)9(11)16/h3-6H,2,12H2,1H3,(H2,11,16)(H2,13,14,15). The SMILES string of the molecule is CCN=C(NN)Nc1ccc(C(N)=O)cc1. The lowest BCUT2D eigenvalue weighted by Crippen LogP contribution is -2.36. The van der Waals surface area contributed by atoms with Gasteiger partial charge in [0.2, 0.25) is 11.9 Å². The number of nitrogens with one attached hydrogen (secondary N) is 2. The van der Waals surface area contributed by atoms with Crippen LogP contribution in [-0.2, 0) is 0 Å². The average molecular weight is 221 g/mol. The number of hydrazine groups is 1. The summed E-state index contributed by atoms with van der Waals surface area (Å²) >= 11 is 0. The van der Waals surface area contributed by atoms with Crippen LogP contribution in [0.5, 0.6) is 0 Å². The van der Waals surface area contributed by atoms with Gasteiger partial charge in [-0.25, -0.2) is 5.84 Å². The Morgan fingerprint density at radius 1 is 1.38 bits per heavy atom. The van der Waals surface area contributed by atoms with E-state index < -0.39 is 5.91 Å². The summed E-state index contributed by atoms with van der Waals surface area (Å²) in [7, 11) is 0. The predicted octanol–water partition coefficient (Wildman–Crippen LogP) is 0.0366. The van der Waals surface area contributed by atoms with Gasteiger partial charge >= 0.3 is 0 Å². The Labute approximate surface area is 93.7 Å². The summed E-state index contributed by atoms with van der Waals surface area (Å²) in [5, 5.41) is 2.96. The molecule has 0 heterocycles. The number of hydrogen-bond acceptors (Lipinski definition) is 3. The first-order valence-corrected chi connectivity index (χ1v) is 4.85. The van der Waals surface area contributed by atoms with Gasteiger partial charge in [-0.2, -0.15) is 0 Å². The van der Waals surface area contributed by atoms with E-state index in [0.29, 0.717) is 18.1 Å². The second kappa shape index (κ2) is 5.72. The van der Waals surface area contributed by atoms with E-state index in [2.05, 4.69) is 15.7 Å². The molecule has 86 valence electrons. The summed E-state index contributed by atoms with van der Waals surface area (Å²) in [5.41, 5.74) is 8.79. The summed E-state index contributed by atoms with van der Waals surface area (Å²) in [5.74, 6) is 5.28. The molecule has 16 heavy (non-hydrogen) atoms. The molecule has 6 heteroatoms. The van der Waals surface area contributed by atoms with Crippen molar-refractivity contribution in [1.29, 1.82) is 0 Å². The van der Waals surface area contributed by atoms with Crippen molar-refractivity contribution in [2.24, 2.45) is 16.6 Å². The van der Waals surface area contributed by atoms with Crippen molar-refractivity contribution in [3.8, 4) is 0 Å². The van der Waals surface area contributed by atoms with E-state index in [1.807, 2.05) is 6.92 Å². The fourth-order valence-corrected chi connectivity index (χ4v) is 1.13.